The first-order valence-electron chi connectivity index (χ1n) is 15.1. The number of aryl methyl sites for hydroxylation is 1. The van der Waals surface area contributed by atoms with Crippen LogP contribution in [0.1, 0.15) is 53.6 Å². The van der Waals surface area contributed by atoms with Gasteiger partial charge in [0.25, 0.3) is 5.91 Å². The first-order valence-corrected chi connectivity index (χ1v) is 15.6. The number of pyridine rings is 1. The zero-order chi connectivity index (χ0) is 31.4. The maximum atomic E-state index is 14.2. The summed E-state index contributed by atoms with van der Waals surface area (Å²) >= 11 is 4.58. The van der Waals surface area contributed by atoms with Crippen molar-refractivity contribution in [2.45, 2.75) is 61.8 Å². The third kappa shape index (κ3) is 8.69. The van der Waals surface area contributed by atoms with E-state index in [-0.39, 0.29) is 23.6 Å². The minimum absolute atomic E-state index is 0.167. The Balaban J connectivity index is 1.40. The molecule has 2 aromatic carbocycles. The molecule has 1 saturated heterocycles. The highest BCUT2D eigenvalue weighted by Gasteiger charge is 2.50. The van der Waals surface area contributed by atoms with Crippen LogP contribution in [0.5, 0.6) is 0 Å². The summed E-state index contributed by atoms with van der Waals surface area (Å²) in [7, 11) is 1.57. The molecule has 1 aromatic heterocycles. The molecule has 0 aliphatic carbocycles. The van der Waals surface area contributed by atoms with Crippen LogP contribution < -0.4 is 16.0 Å². The van der Waals surface area contributed by atoms with Gasteiger partial charge in [0.15, 0.2) is 0 Å². The number of hydrogen-bond donors (Lipinski definition) is 4. The van der Waals surface area contributed by atoms with Gasteiger partial charge in [-0.3, -0.25) is 24.2 Å². The Labute approximate surface area is 264 Å². The Morgan fingerprint density at radius 1 is 0.932 bits per heavy atom. The van der Waals surface area contributed by atoms with E-state index in [0.29, 0.717) is 63.6 Å². The van der Waals surface area contributed by atoms with E-state index in [0.717, 1.165) is 11.1 Å². The topological polar surface area (TPSA) is 120 Å². The van der Waals surface area contributed by atoms with E-state index >= 15 is 0 Å². The van der Waals surface area contributed by atoms with Gasteiger partial charge < -0.3 is 20.9 Å². The summed E-state index contributed by atoms with van der Waals surface area (Å²) in [6.07, 6.45) is 6.76. The number of thiol groups is 1. The van der Waals surface area contributed by atoms with Crippen LogP contribution in [0.2, 0.25) is 0 Å². The maximum Gasteiger partial charge on any atom is 0.251 e. The number of nitrogens with zero attached hydrogens (tertiary/aromatic N) is 2. The molecule has 0 bridgehead atoms. The molecule has 4 amide bonds. The van der Waals surface area contributed by atoms with E-state index in [1.807, 2.05) is 60.7 Å². The number of carbonyl (C=O) groups excluding carboxylic acids is 4. The normalized spacial score (nSPS) is 17.5. The van der Waals surface area contributed by atoms with E-state index in [4.69, 9.17) is 0 Å². The fourth-order valence-corrected chi connectivity index (χ4v) is 5.82. The number of unbranched alkanes of at least 4 members (excludes halogenated alkanes) is 1. The molecular formula is C34H41N5O4S. The number of likely N-dealkylation sites (N-methyl/N-ethyl adjacent to an activating group) is 1. The number of aromatic nitrogens is 1. The maximum absolute atomic E-state index is 14.2. The van der Waals surface area contributed by atoms with Gasteiger partial charge in [-0.15, -0.1) is 0 Å². The molecule has 3 atom stereocenters. The van der Waals surface area contributed by atoms with Gasteiger partial charge in [0.05, 0.1) is 5.25 Å². The molecule has 3 aromatic rings. The third-order valence-electron chi connectivity index (χ3n) is 8.13. The van der Waals surface area contributed by atoms with Gasteiger partial charge in [-0.05, 0) is 55.4 Å². The van der Waals surface area contributed by atoms with Crippen molar-refractivity contribution in [3.05, 3.63) is 102 Å². The van der Waals surface area contributed by atoms with Crippen LogP contribution in [0, 0.1) is 0 Å². The second-order valence-electron chi connectivity index (χ2n) is 11.1. The van der Waals surface area contributed by atoms with Gasteiger partial charge in [-0.1, -0.05) is 67.1 Å². The molecule has 0 radical (unpaired) electrons. The first-order chi connectivity index (χ1) is 21.3. The van der Waals surface area contributed by atoms with Gasteiger partial charge in [-0.25, -0.2) is 0 Å². The predicted molar refractivity (Wildman–Crippen MR) is 173 cm³/mol. The monoisotopic (exact) mass is 615 g/mol. The Kier molecular flexibility index (Phi) is 11.9. The molecule has 2 unspecified atom stereocenters. The van der Waals surface area contributed by atoms with E-state index < -0.39 is 16.8 Å². The van der Waals surface area contributed by atoms with Gasteiger partial charge in [0.1, 0.15) is 11.6 Å². The fraction of sp³-hybridized carbons (Fsp3) is 0.382. The molecule has 1 fully saturated rings. The lowest BCUT2D eigenvalue weighted by molar-refractivity contribution is -0.142. The quantitative estimate of drug-likeness (QED) is 0.154. The lowest BCUT2D eigenvalue weighted by Crippen LogP contribution is -2.58. The van der Waals surface area contributed by atoms with E-state index in [9.17, 15) is 19.2 Å². The first kappa shape index (κ1) is 32.7. The number of amides is 4. The van der Waals surface area contributed by atoms with Crippen LogP contribution in [-0.4, -0.2) is 70.5 Å². The SMILES string of the molecule is CNC(=O)C(Cc1ccccc1)N1CCC(CCc2ccccc2)(NC(=O)[C@@H](S)CCCCNC(=O)c2ccncc2)C1=O. The number of likely N-dealkylation sites (tertiary alicyclic amines) is 1. The lowest BCUT2D eigenvalue weighted by Gasteiger charge is -2.33. The van der Waals surface area contributed by atoms with Crippen molar-refractivity contribution in [1.29, 1.82) is 0 Å². The molecule has 4 rings (SSSR count). The van der Waals surface area contributed by atoms with Crippen molar-refractivity contribution in [3.63, 3.8) is 0 Å². The highest BCUT2D eigenvalue weighted by Crippen LogP contribution is 2.31. The Bertz CT molecular complexity index is 1390. The van der Waals surface area contributed by atoms with Crippen LogP contribution in [0.4, 0.5) is 0 Å². The van der Waals surface area contributed by atoms with E-state index in [1.54, 1.807) is 36.5 Å². The smallest absolute Gasteiger partial charge is 0.251 e. The number of rotatable bonds is 15. The van der Waals surface area contributed by atoms with Gasteiger partial charge in [-0.2, -0.15) is 12.6 Å². The summed E-state index contributed by atoms with van der Waals surface area (Å²) < 4.78 is 0. The summed E-state index contributed by atoms with van der Waals surface area (Å²) in [5, 5.41) is 8.05. The average molecular weight is 616 g/mol. The van der Waals surface area contributed by atoms with Crippen LogP contribution in [-0.2, 0) is 27.2 Å². The van der Waals surface area contributed by atoms with Gasteiger partial charge >= 0.3 is 0 Å². The molecule has 0 saturated carbocycles. The standard InChI is InChI=1S/C34H41N5O4S/c1-35-31(41)28(24-26-12-6-3-7-13-26)39-23-19-34(33(39)43,18-15-25-10-4-2-5-11-25)38-32(42)29(44)14-8-9-20-37-30(40)27-16-21-36-22-17-27/h2-7,10-13,16-17,21-22,28-29,44H,8-9,14-15,18-20,23-24H2,1H3,(H,35,41)(H,37,40)(H,38,42)/t28?,29-,34?/m0/s1. The summed E-state index contributed by atoms with van der Waals surface area (Å²) in [4.78, 5) is 58.5. The lowest BCUT2D eigenvalue weighted by atomic mass is 9.89. The molecule has 9 nitrogen and oxygen atoms in total. The molecule has 10 heteroatoms. The second kappa shape index (κ2) is 16.0. The zero-order valence-corrected chi connectivity index (χ0v) is 26.0. The molecule has 0 spiro atoms. The predicted octanol–water partition coefficient (Wildman–Crippen LogP) is 3.36. The van der Waals surface area contributed by atoms with Crippen LogP contribution >= 0.6 is 12.6 Å². The highest BCUT2D eigenvalue weighted by molar-refractivity contribution is 7.81. The number of nitrogens with one attached hydrogen (secondary N) is 3. The van der Waals surface area contributed by atoms with Crippen LogP contribution in [0.3, 0.4) is 0 Å². The second-order valence-corrected chi connectivity index (χ2v) is 11.8. The van der Waals surface area contributed by atoms with Crippen LogP contribution in [0.15, 0.2) is 85.2 Å². The molecular weight excluding hydrogens is 574 g/mol. The minimum Gasteiger partial charge on any atom is -0.357 e. The van der Waals surface area contributed by atoms with Crippen molar-refractivity contribution < 1.29 is 19.2 Å². The Morgan fingerprint density at radius 2 is 1.59 bits per heavy atom. The molecule has 1 aliphatic rings. The van der Waals surface area contributed by atoms with Gasteiger partial charge in [0.2, 0.25) is 17.7 Å². The van der Waals surface area contributed by atoms with Crippen molar-refractivity contribution in [2.75, 3.05) is 20.1 Å². The average Bonchev–Trinajstić information content (AvgIpc) is 3.38. The molecule has 2 heterocycles. The molecule has 1 aliphatic heterocycles. The van der Waals surface area contributed by atoms with Crippen molar-refractivity contribution >= 4 is 36.3 Å². The third-order valence-corrected chi connectivity index (χ3v) is 8.62. The van der Waals surface area contributed by atoms with Gasteiger partial charge in [0, 0.05) is 44.5 Å². The van der Waals surface area contributed by atoms with E-state index in [2.05, 4.69) is 33.6 Å². The number of carbonyl (C=O) groups is 4. The number of benzene rings is 2. The molecule has 44 heavy (non-hydrogen) atoms. The Morgan fingerprint density at radius 3 is 2.25 bits per heavy atom. The molecule has 232 valence electrons. The summed E-state index contributed by atoms with van der Waals surface area (Å²) in [5.41, 5.74) is 1.42. The summed E-state index contributed by atoms with van der Waals surface area (Å²) in [6, 6.07) is 22.1. The largest absolute Gasteiger partial charge is 0.357 e. The summed E-state index contributed by atoms with van der Waals surface area (Å²) in [6.45, 7) is 0.827. The zero-order valence-electron chi connectivity index (χ0n) is 25.1. The highest BCUT2D eigenvalue weighted by atomic mass is 32.1. The fourth-order valence-electron chi connectivity index (χ4n) is 5.57. The van der Waals surface area contributed by atoms with Crippen molar-refractivity contribution in [3.8, 4) is 0 Å². The number of hydrogen-bond acceptors (Lipinski definition) is 6. The Hall–Kier alpha value is -4.18. The van der Waals surface area contributed by atoms with Crippen LogP contribution in [0.25, 0.3) is 0 Å². The minimum atomic E-state index is -1.14. The summed E-state index contributed by atoms with van der Waals surface area (Å²) in [5.74, 6) is -0.960. The van der Waals surface area contributed by atoms with Crippen molar-refractivity contribution in [2.24, 2.45) is 0 Å². The molecule has 3 N–H and O–H groups in total. The van der Waals surface area contributed by atoms with Crippen molar-refractivity contribution in [1.82, 2.24) is 25.8 Å². The van der Waals surface area contributed by atoms with E-state index in [1.165, 1.54) is 0 Å².